The van der Waals surface area contributed by atoms with E-state index < -0.39 is 0 Å². The van der Waals surface area contributed by atoms with Crippen LogP contribution in [-0.4, -0.2) is 14.2 Å². The summed E-state index contributed by atoms with van der Waals surface area (Å²) < 4.78 is 3.80. The highest BCUT2D eigenvalue weighted by atomic mass is 16.3. The summed E-state index contributed by atoms with van der Waals surface area (Å²) >= 11 is 0. The molecule has 4 nitrogen and oxygen atoms in total. The summed E-state index contributed by atoms with van der Waals surface area (Å²) in [5, 5.41) is 10.4. The molecule has 20 heavy (non-hydrogen) atoms. The molecule has 0 aliphatic carbocycles. The van der Waals surface area contributed by atoms with Gasteiger partial charge in [-0.3, -0.25) is 4.79 Å². The number of aliphatic hydroxyl groups is 1. The predicted octanol–water partition coefficient (Wildman–Crippen LogP) is 2.00. The average molecular weight is 268 g/mol. The first kappa shape index (κ1) is 12.7. The normalized spacial score (nSPS) is 11.1. The minimum absolute atomic E-state index is 0.0139. The molecule has 0 atom stereocenters. The van der Waals surface area contributed by atoms with Crippen LogP contribution in [0.2, 0.25) is 0 Å². The van der Waals surface area contributed by atoms with Gasteiger partial charge in [0.1, 0.15) is 0 Å². The number of fused-ring (bicyclic) bond motifs is 1. The van der Waals surface area contributed by atoms with Gasteiger partial charge in [-0.1, -0.05) is 18.2 Å². The van der Waals surface area contributed by atoms with E-state index >= 15 is 0 Å². The number of nitrogens with zero attached hydrogens (tertiary/aromatic N) is 2. The zero-order chi connectivity index (χ0) is 13.9. The van der Waals surface area contributed by atoms with E-state index in [1.54, 1.807) is 22.9 Å². The number of hydrogen-bond donors (Lipinski definition) is 1. The first-order valence-electron chi connectivity index (χ1n) is 6.62. The van der Waals surface area contributed by atoms with Crippen molar-refractivity contribution in [1.29, 1.82) is 0 Å². The second kappa shape index (κ2) is 5.35. The Labute approximate surface area is 116 Å². The molecule has 0 aliphatic heterocycles. The fraction of sp³-hybridized carbons (Fsp3) is 0.188. The smallest absolute Gasteiger partial charge is 0.250 e. The van der Waals surface area contributed by atoms with Crippen molar-refractivity contribution in [2.24, 2.45) is 0 Å². The highest BCUT2D eigenvalue weighted by molar-refractivity contribution is 5.83. The molecule has 1 aromatic carbocycles. The topological polar surface area (TPSA) is 47.2 Å². The van der Waals surface area contributed by atoms with Crippen molar-refractivity contribution in [2.45, 2.75) is 19.7 Å². The van der Waals surface area contributed by atoms with Crippen molar-refractivity contribution >= 4 is 10.9 Å². The maximum atomic E-state index is 11.7. The molecule has 0 bridgehead atoms. The Morgan fingerprint density at radius 1 is 0.900 bits per heavy atom. The minimum atomic E-state index is 0.0139. The summed E-state index contributed by atoms with van der Waals surface area (Å²) in [5.41, 5.74) is 2.03. The lowest BCUT2D eigenvalue weighted by atomic mass is 10.1. The van der Waals surface area contributed by atoms with Crippen molar-refractivity contribution in [2.75, 3.05) is 0 Å². The van der Waals surface area contributed by atoms with Crippen molar-refractivity contribution in [3.63, 3.8) is 0 Å². The van der Waals surface area contributed by atoms with Crippen molar-refractivity contribution in [1.82, 2.24) is 9.13 Å². The molecule has 0 saturated heterocycles. The molecule has 0 unspecified atom stereocenters. The summed E-state index contributed by atoms with van der Waals surface area (Å²) in [6.45, 7) is 1.40. The fourth-order valence-electron chi connectivity index (χ4n) is 2.48. The summed E-state index contributed by atoms with van der Waals surface area (Å²) in [7, 11) is 0. The van der Waals surface area contributed by atoms with Crippen LogP contribution >= 0.6 is 0 Å². The van der Waals surface area contributed by atoms with Crippen LogP contribution in [0, 0.1) is 0 Å². The fourth-order valence-corrected chi connectivity index (χ4v) is 2.48. The maximum absolute atomic E-state index is 11.7. The molecule has 3 aromatic rings. The van der Waals surface area contributed by atoms with Crippen LogP contribution in [0.5, 0.6) is 0 Å². The highest BCUT2D eigenvalue weighted by Crippen LogP contribution is 2.20. The molecule has 0 amide bonds. The summed E-state index contributed by atoms with van der Waals surface area (Å²) in [6, 6.07) is 13.1. The number of hydrogen-bond acceptors (Lipinski definition) is 2. The van der Waals surface area contributed by atoms with Gasteiger partial charge < -0.3 is 14.2 Å². The molecule has 2 heterocycles. The Morgan fingerprint density at radius 3 is 2.55 bits per heavy atom. The van der Waals surface area contributed by atoms with Crippen LogP contribution in [0.3, 0.4) is 0 Å². The van der Waals surface area contributed by atoms with E-state index in [1.807, 2.05) is 36.5 Å². The zero-order valence-electron chi connectivity index (χ0n) is 11.1. The molecule has 0 fully saturated rings. The van der Waals surface area contributed by atoms with Crippen LogP contribution in [0.15, 0.2) is 59.7 Å². The van der Waals surface area contributed by atoms with Crippen molar-refractivity contribution in [3.8, 4) is 0 Å². The van der Waals surface area contributed by atoms with E-state index in [1.165, 1.54) is 0 Å². The summed E-state index contributed by atoms with van der Waals surface area (Å²) in [6.07, 6.45) is 3.80. The highest BCUT2D eigenvalue weighted by Gasteiger charge is 2.05. The molecule has 1 N–H and O–H groups in total. The number of rotatable bonds is 4. The first-order valence-corrected chi connectivity index (χ1v) is 6.62. The maximum Gasteiger partial charge on any atom is 0.250 e. The SMILES string of the molecule is O=c1ccccn1CCn1ccc2c(CO)cccc21. The van der Waals surface area contributed by atoms with Gasteiger partial charge in [0.15, 0.2) is 0 Å². The Hall–Kier alpha value is -2.33. The molecule has 4 heteroatoms. The van der Waals surface area contributed by atoms with Crippen LogP contribution in [-0.2, 0) is 19.7 Å². The van der Waals surface area contributed by atoms with Crippen molar-refractivity contribution in [3.05, 3.63) is 70.8 Å². The Bertz CT molecular complexity index is 786. The monoisotopic (exact) mass is 268 g/mol. The minimum Gasteiger partial charge on any atom is -0.392 e. The van der Waals surface area contributed by atoms with E-state index in [0.29, 0.717) is 6.54 Å². The Kier molecular flexibility index (Phi) is 3.39. The molecule has 0 spiro atoms. The third-order valence-corrected chi connectivity index (χ3v) is 3.56. The third kappa shape index (κ3) is 2.26. The predicted molar refractivity (Wildman–Crippen MR) is 78.6 cm³/mol. The number of aryl methyl sites for hydroxylation is 2. The summed E-state index contributed by atoms with van der Waals surface area (Å²) in [5.74, 6) is 0. The van der Waals surface area contributed by atoms with Crippen LogP contribution in [0.25, 0.3) is 10.9 Å². The number of aliphatic hydroxyl groups excluding tert-OH is 1. The van der Waals surface area contributed by atoms with Crippen LogP contribution in [0.4, 0.5) is 0 Å². The molecule has 0 saturated carbocycles. The lowest BCUT2D eigenvalue weighted by molar-refractivity contribution is 0.283. The van der Waals surface area contributed by atoms with Gasteiger partial charge in [-0.25, -0.2) is 0 Å². The standard InChI is InChI=1S/C16H16N2O2/c19-12-13-4-3-5-15-14(13)7-9-17(15)10-11-18-8-2-1-6-16(18)20/h1-9,19H,10-12H2. The van der Waals surface area contributed by atoms with E-state index in [0.717, 1.165) is 23.0 Å². The average Bonchev–Trinajstić information content (AvgIpc) is 2.89. The lowest BCUT2D eigenvalue weighted by Crippen LogP contribution is -2.20. The van der Waals surface area contributed by atoms with E-state index in [9.17, 15) is 9.90 Å². The van der Waals surface area contributed by atoms with Gasteiger partial charge in [0.2, 0.25) is 0 Å². The first-order chi connectivity index (χ1) is 9.79. The number of benzene rings is 1. The quantitative estimate of drug-likeness (QED) is 0.786. The van der Waals surface area contributed by atoms with Gasteiger partial charge >= 0.3 is 0 Å². The molecular formula is C16H16N2O2. The van der Waals surface area contributed by atoms with Gasteiger partial charge in [-0.15, -0.1) is 0 Å². The molecular weight excluding hydrogens is 252 g/mol. The van der Waals surface area contributed by atoms with E-state index in [4.69, 9.17) is 0 Å². The third-order valence-electron chi connectivity index (χ3n) is 3.56. The second-order valence-corrected chi connectivity index (χ2v) is 4.75. The molecule has 102 valence electrons. The molecule has 3 rings (SSSR count). The Balaban J connectivity index is 1.89. The Morgan fingerprint density at radius 2 is 1.75 bits per heavy atom. The lowest BCUT2D eigenvalue weighted by Gasteiger charge is -2.08. The number of aromatic nitrogens is 2. The van der Waals surface area contributed by atoms with E-state index in [2.05, 4.69) is 4.57 Å². The largest absolute Gasteiger partial charge is 0.392 e. The van der Waals surface area contributed by atoms with Crippen LogP contribution < -0.4 is 5.56 Å². The molecule has 0 radical (unpaired) electrons. The van der Waals surface area contributed by atoms with Crippen LogP contribution in [0.1, 0.15) is 5.56 Å². The van der Waals surface area contributed by atoms with Gasteiger partial charge in [0.05, 0.1) is 6.61 Å². The van der Waals surface area contributed by atoms with Gasteiger partial charge in [0, 0.05) is 42.5 Å². The summed E-state index contributed by atoms with van der Waals surface area (Å²) in [4.78, 5) is 11.7. The van der Waals surface area contributed by atoms with Gasteiger partial charge in [0.25, 0.3) is 5.56 Å². The molecule has 2 aromatic heterocycles. The zero-order valence-corrected chi connectivity index (χ0v) is 11.1. The molecule has 0 aliphatic rings. The van der Waals surface area contributed by atoms with Gasteiger partial charge in [-0.05, 0) is 23.8 Å². The van der Waals surface area contributed by atoms with E-state index in [-0.39, 0.29) is 12.2 Å². The second-order valence-electron chi connectivity index (χ2n) is 4.75. The van der Waals surface area contributed by atoms with Gasteiger partial charge in [-0.2, -0.15) is 0 Å². The number of pyridine rings is 1. The van der Waals surface area contributed by atoms with Crippen molar-refractivity contribution < 1.29 is 5.11 Å².